The third kappa shape index (κ3) is 5.03. The number of rotatable bonds is 7. The predicted octanol–water partition coefficient (Wildman–Crippen LogP) is 5.04. The van der Waals surface area contributed by atoms with Gasteiger partial charge in [-0.25, -0.2) is 0 Å². The van der Waals surface area contributed by atoms with E-state index in [-0.39, 0.29) is 11.2 Å². The standard InChI is InChI=1S/C25H24N4OS/c1-18-13-15-22(16-14-18)29-23(21-11-7-4-8-12-21)27-28-25(29)31-19(2)24(30)26-17-20-9-5-3-6-10-20/h3-16,19H,17H2,1-2H3,(H,26,30). The fourth-order valence-corrected chi connectivity index (χ4v) is 4.08. The van der Waals surface area contributed by atoms with Gasteiger partial charge >= 0.3 is 0 Å². The molecule has 31 heavy (non-hydrogen) atoms. The van der Waals surface area contributed by atoms with Crippen LogP contribution in [-0.2, 0) is 11.3 Å². The van der Waals surface area contributed by atoms with Gasteiger partial charge in [-0.15, -0.1) is 10.2 Å². The van der Waals surface area contributed by atoms with Crippen molar-refractivity contribution >= 4 is 17.7 Å². The molecule has 0 fully saturated rings. The quantitative estimate of drug-likeness (QED) is 0.419. The van der Waals surface area contributed by atoms with Crippen LogP contribution >= 0.6 is 11.8 Å². The second-order valence-electron chi connectivity index (χ2n) is 7.31. The van der Waals surface area contributed by atoms with Crippen LogP contribution in [0.1, 0.15) is 18.1 Å². The first-order valence-electron chi connectivity index (χ1n) is 10.2. The molecule has 0 aliphatic carbocycles. The number of aromatic nitrogens is 3. The SMILES string of the molecule is Cc1ccc(-n2c(SC(C)C(=O)NCc3ccccc3)nnc2-c2ccccc2)cc1. The molecule has 156 valence electrons. The summed E-state index contributed by atoms with van der Waals surface area (Å²) in [6.45, 7) is 4.45. The summed E-state index contributed by atoms with van der Waals surface area (Å²) in [4.78, 5) is 12.7. The lowest BCUT2D eigenvalue weighted by atomic mass is 10.2. The van der Waals surface area contributed by atoms with Crippen molar-refractivity contribution in [3.8, 4) is 17.1 Å². The minimum absolute atomic E-state index is 0.0337. The molecule has 0 bridgehead atoms. The largest absolute Gasteiger partial charge is 0.351 e. The molecule has 0 aliphatic rings. The molecule has 0 spiro atoms. The molecule has 1 amide bonds. The number of benzene rings is 3. The number of nitrogens with zero attached hydrogens (tertiary/aromatic N) is 3. The molecule has 1 heterocycles. The molecule has 4 rings (SSSR count). The fraction of sp³-hybridized carbons (Fsp3) is 0.160. The highest BCUT2D eigenvalue weighted by atomic mass is 32.2. The summed E-state index contributed by atoms with van der Waals surface area (Å²) in [5, 5.41) is 12.3. The van der Waals surface area contributed by atoms with Crippen LogP contribution < -0.4 is 5.32 Å². The highest BCUT2D eigenvalue weighted by molar-refractivity contribution is 8.00. The Hall–Kier alpha value is -3.38. The lowest BCUT2D eigenvalue weighted by molar-refractivity contribution is -0.120. The predicted molar refractivity (Wildman–Crippen MR) is 125 cm³/mol. The van der Waals surface area contributed by atoms with Crippen molar-refractivity contribution < 1.29 is 4.79 Å². The minimum atomic E-state index is -0.319. The van der Waals surface area contributed by atoms with Crippen LogP contribution in [0.4, 0.5) is 0 Å². The van der Waals surface area contributed by atoms with Crippen molar-refractivity contribution in [3.05, 3.63) is 96.1 Å². The molecule has 4 aromatic rings. The molecule has 6 heteroatoms. The molecule has 1 atom stereocenters. The minimum Gasteiger partial charge on any atom is -0.351 e. The maximum atomic E-state index is 12.7. The van der Waals surface area contributed by atoms with E-state index in [2.05, 4.69) is 46.7 Å². The highest BCUT2D eigenvalue weighted by Crippen LogP contribution is 2.30. The summed E-state index contributed by atoms with van der Waals surface area (Å²) in [7, 11) is 0. The number of carbonyl (C=O) groups is 1. The van der Waals surface area contributed by atoms with Crippen LogP contribution in [0.15, 0.2) is 90.1 Å². The number of thioether (sulfide) groups is 1. The molecule has 3 aromatic carbocycles. The molecule has 1 aromatic heterocycles. The second-order valence-corrected chi connectivity index (χ2v) is 8.61. The zero-order valence-corrected chi connectivity index (χ0v) is 18.3. The third-order valence-electron chi connectivity index (χ3n) is 4.92. The maximum absolute atomic E-state index is 12.7. The Morgan fingerprint density at radius 2 is 1.58 bits per heavy atom. The first-order valence-corrected chi connectivity index (χ1v) is 11.1. The van der Waals surface area contributed by atoms with Gasteiger partial charge in [0.05, 0.1) is 5.25 Å². The molecule has 5 nitrogen and oxygen atoms in total. The molecule has 0 radical (unpaired) electrons. The van der Waals surface area contributed by atoms with Gasteiger partial charge in [0.1, 0.15) is 0 Å². The van der Waals surface area contributed by atoms with E-state index in [9.17, 15) is 4.79 Å². The Morgan fingerprint density at radius 1 is 0.935 bits per heavy atom. The number of amides is 1. The van der Waals surface area contributed by atoms with Crippen LogP contribution in [0.25, 0.3) is 17.1 Å². The van der Waals surface area contributed by atoms with Crippen LogP contribution in [-0.4, -0.2) is 25.9 Å². The lowest BCUT2D eigenvalue weighted by Crippen LogP contribution is -2.30. The average Bonchev–Trinajstić information content (AvgIpc) is 3.22. The van der Waals surface area contributed by atoms with Gasteiger partial charge in [0.25, 0.3) is 0 Å². The Kier molecular flexibility index (Phi) is 6.48. The first-order chi connectivity index (χ1) is 15.1. The van der Waals surface area contributed by atoms with Crippen molar-refractivity contribution in [3.63, 3.8) is 0 Å². The Bertz CT molecular complexity index is 1140. The molecular weight excluding hydrogens is 404 g/mol. The van der Waals surface area contributed by atoms with Gasteiger partial charge in [0.2, 0.25) is 5.91 Å². The molecule has 0 saturated carbocycles. The number of hydrogen-bond acceptors (Lipinski definition) is 4. The Balaban J connectivity index is 1.58. The maximum Gasteiger partial charge on any atom is 0.233 e. The monoisotopic (exact) mass is 428 g/mol. The van der Waals surface area contributed by atoms with Gasteiger partial charge in [0, 0.05) is 17.8 Å². The van der Waals surface area contributed by atoms with Crippen molar-refractivity contribution in [1.82, 2.24) is 20.1 Å². The number of hydrogen-bond donors (Lipinski definition) is 1. The Labute approximate surface area is 186 Å². The van der Waals surface area contributed by atoms with Crippen LogP contribution in [0.2, 0.25) is 0 Å². The average molecular weight is 429 g/mol. The highest BCUT2D eigenvalue weighted by Gasteiger charge is 2.21. The van der Waals surface area contributed by atoms with Crippen LogP contribution in [0, 0.1) is 6.92 Å². The summed E-state index contributed by atoms with van der Waals surface area (Å²) in [5.41, 5.74) is 4.20. The van der Waals surface area contributed by atoms with Crippen molar-refractivity contribution in [2.24, 2.45) is 0 Å². The summed E-state index contributed by atoms with van der Waals surface area (Å²) in [6, 6.07) is 28.1. The molecule has 0 aliphatic heterocycles. The van der Waals surface area contributed by atoms with Crippen LogP contribution in [0.5, 0.6) is 0 Å². The summed E-state index contributed by atoms with van der Waals surface area (Å²) >= 11 is 1.41. The van der Waals surface area contributed by atoms with E-state index in [1.807, 2.05) is 72.2 Å². The van der Waals surface area contributed by atoms with Gasteiger partial charge in [-0.05, 0) is 31.5 Å². The smallest absolute Gasteiger partial charge is 0.233 e. The van der Waals surface area contributed by atoms with Gasteiger partial charge in [-0.3, -0.25) is 9.36 Å². The normalized spacial score (nSPS) is 11.8. The number of nitrogens with one attached hydrogen (secondary N) is 1. The topological polar surface area (TPSA) is 59.8 Å². The zero-order valence-electron chi connectivity index (χ0n) is 17.5. The molecule has 1 N–H and O–H groups in total. The summed E-state index contributed by atoms with van der Waals surface area (Å²) in [6.07, 6.45) is 0. The van der Waals surface area contributed by atoms with E-state index in [4.69, 9.17) is 0 Å². The summed E-state index contributed by atoms with van der Waals surface area (Å²) in [5.74, 6) is 0.720. The first kappa shape index (κ1) is 20.9. The van der Waals surface area contributed by atoms with Crippen molar-refractivity contribution in [1.29, 1.82) is 0 Å². The second kappa shape index (κ2) is 9.62. The van der Waals surface area contributed by atoms with Gasteiger partial charge < -0.3 is 5.32 Å². The molecule has 0 saturated heterocycles. The van der Waals surface area contributed by atoms with E-state index in [0.29, 0.717) is 11.7 Å². The van der Waals surface area contributed by atoms with Gasteiger partial charge in [-0.1, -0.05) is 90.1 Å². The third-order valence-corrected chi connectivity index (χ3v) is 5.96. The molecular formula is C25H24N4OS. The van der Waals surface area contributed by atoms with E-state index in [1.54, 1.807) is 0 Å². The van der Waals surface area contributed by atoms with E-state index < -0.39 is 0 Å². The number of aryl methyl sites for hydroxylation is 1. The van der Waals surface area contributed by atoms with Crippen molar-refractivity contribution in [2.75, 3.05) is 0 Å². The fourth-order valence-electron chi connectivity index (χ4n) is 3.19. The lowest BCUT2D eigenvalue weighted by Gasteiger charge is -2.14. The van der Waals surface area contributed by atoms with Gasteiger partial charge in [-0.2, -0.15) is 0 Å². The van der Waals surface area contributed by atoms with E-state index >= 15 is 0 Å². The zero-order chi connectivity index (χ0) is 21.6. The Morgan fingerprint density at radius 3 is 2.26 bits per heavy atom. The van der Waals surface area contributed by atoms with Crippen LogP contribution in [0.3, 0.4) is 0 Å². The van der Waals surface area contributed by atoms with E-state index in [0.717, 1.165) is 22.6 Å². The summed E-state index contributed by atoms with van der Waals surface area (Å²) < 4.78 is 2.01. The van der Waals surface area contributed by atoms with E-state index in [1.165, 1.54) is 17.3 Å². The van der Waals surface area contributed by atoms with Crippen molar-refractivity contribution in [2.45, 2.75) is 30.8 Å². The number of carbonyl (C=O) groups excluding carboxylic acids is 1. The molecule has 1 unspecified atom stereocenters. The van der Waals surface area contributed by atoms with Gasteiger partial charge in [0.15, 0.2) is 11.0 Å².